The van der Waals surface area contributed by atoms with Gasteiger partial charge in [0.1, 0.15) is 0 Å². The number of rotatable bonds is 2. The van der Waals surface area contributed by atoms with Gasteiger partial charge in [0, 0.05) is 13.4 Å². The van der Waals surface area contributed by atoms with Crippen LogP contribution in [0.3, 0.4) is 0 Å². The van der Waals surface area contributed by atoms with Crippen molar-refractivity contribution in [1.29, 1.82) is 0 Å². The van der Waals surface area contributed by atoms with Crippen LogP contribution in [0.1, 0.15) is 29.2 Å². The summed E-state index contributed by atoms with van der Waals surface area (Å²) in [7, 11) is 0. The van der Waals surface area contributed by atoms with Crippen LogP contribution in [-0.4, -0.2) is 11.7 Å². The highest BCUT2D eigenvalue weighted by Gasteiger charge is 1.69. The predicted octanol–water partition coefficient (Wildman–Crippen LogP) is 0.779. The van der Waals surface area contributed by atoms with E-state index in [1.807, 2.05) is 0 Å². The first-order valence-electron chi connectivity index (χ1n) is 4.68. The van der Waals surface area contributed by atoms with Gasteiger partial charge in [0.2, 0.25) is 0 Å². The summed E-state index contributed by atoms with van der Waals surface area (Å²) >= 11 is 0. The summed E-state index contributed by atoms with van der Waals surface area (Å²) in [5.41, 5.74) is 0. The molecule has 0 amide bonds. The predicted molar refractivity (Wildman–Crippen MR) is 22.0 cm³/mol. The van der Waals surface area contributed by atoms with Crippen molar-refractivity contribution in [2.75, 3.05) is 6.56 Å². The molecule has 0 radical (unpaired) electrons. The highest BCUT2D eigenvalue weighted by Crippen LogP contribution is 1.78. The molecule has 0 unspecified atom stereocenters. The quantitative estimate of drug-likeness (QED) is 0.520. The van der Waals surface area contributed by atoms with E-state index in [0.717, 1.165) is 0 Å². The summed E-state index contributed by atoms with van der Waals surface area (Å²) in [6.07, 6.45) is -3.76. The molecular weight excluding hydrogens is 64.0 g/mol. The van der Waals surface area contributed by atoms with Crippen LogP contribution < -0.4 is 0 Å². The fourth-order valence-corrected chi connectivity index (χ4v) is 0.0395. The zero-order valence-corrected chi connectivity index (χ0v) is 2.65. The van der Waals surface area contributed by atoms with E-state index in [9.17, 15) is 0 Å². The first kappa shape index (κ1) is 0.648. The average molecular weight is 81.2 g/mol. The third kappa shape index (κ3) is 3.96. The maximum Gasteiger partial charge on any atom is 0.0564 e. The van der Waals surface area contributed by atoms with Gasteiger partial charge in [-0.15, -0.1) is 0 Å². The first-order valence-corrected chi connectivity index (χ1v) is 1.18. The van der Waals surface area contributed by atoms with E-state index in [-0.39, 0.29) is 0 Å². The Morgan fingerprint density at radius 2 is 3.00 bits per heavy atom. The van der Waals surface area contributed by atoms with Crippen LogP contribution in [0.2, 0.25) is 0 Å². The van der Waals surface area contributed by atoms with Gasteiger partial charge in [0.15, 0.2) is 0 Å². The van der Waals surface area contributed by atoms with Crippen LogP contribution in [0.4, 0.5) is 0 Å². The van der Waals surface area contributed by atoms with Crippen molar-refractivity contribution < 1.29 is 14.7 Å². The molecule has 0 aliphatic carbocycles. The molecule has 0 aromatic heterocycles. The van der Waals surface area contributed by atoms with Gasteiger partial charge < -0.3 is 5.11 Å². The third-order valence-electron chi connectivity index (χ3n) is 0.167. The van der Waals surface area contributed by atoms with E-state index < -0.39 is 26.2 Å². The standard InChI is InChI=1S/C4H10O/c1-2-3-4-5/h5H,2-4H2,1H3/i1D3,3D2,4D2. The number of hydrogen-bond acceptors (Lipinski definition) is 1. The first-order chi connectivity index (χ1) is 4.96. The smallest absolute Gasteiger partial charge is 0.0564 e. The highest BCUT2D eigenvalue weighted by molar-refractivity contribution is 4.23. The minimum atomic E-state index is -3.12. The lowest BCUT2D eigenvalue weighted by Crippen LogP contribution is -1.75. The molecule has 5 heavy (non-hydrogen) atoms. The van der Waals surface area contributed by atoms with E-state index in [0.29, 0.717) is 0 Å². The molecular formula is C4H10O. The molecule has 0 heterocycles. The zero-order chi connectivity index (χ0) is 10.2. The molecule has 0 rings (SSSR count). The molecule has 0 aliphatic rings. The second-order valence-electron chi connectivity index (χ2n) is 0.465. The molecule has 0 saturated heterocycles. The second kappa shape index (κ2) is 3.96. The van der Waals surface area contributed by atoms with Gasteiger partial charge in [0.05, 0.1) is 2.74 Å². The molecule has 0 fully saturated rings. The van der Waals surface area contributed by atoms with Crippen molar-refractivity contribution in [2.24, 2.45) is 0 Å². The van der Waals surface area contributed by atoms with Gasteiger partial charge in [-0.2, -0.15) is 0 Å². The van der Waals surface area contributed by atoms with Crippen LogP contribution in [0.15, 0.2) is 0 Å². The highest BCUT2D eigenvalue weighted by atomic mass is 16.2. The van der Waals surface area contributed by atoms with Crippen molar-refractivity contribution >= 4 is 0 Å². The van der Waals surface area contributed by atoms with Crippen LogP contribution in [0, 0.1) is 0 Å². The fourth-order valence-electron chi connectivity index (χ4n) is 0.0395. The summed E-state index contributed by atoms with van der Waals surface area (Å²) in [6, 6.07) is 0. The largest absolute Gasteiger partial charge is 0.396 e. The molecule has 0 bridgehead atoms. The van der Waals surface area contributed by atoms with Crippen molar-refractivity contribution in [3.05, 3.63) is 0 Å². The van der Waals surface area contributed by atoms with Crippen molar-refractivity contribution in [3.63, 3.8) is 0 Å². The minimum absolute atomic E-state index is 1.01. The van der Waals surface area contributed by atoms with E-state index in [1.54, 1.807) is 0 Å². The Labute approximate surface area is 42.5 Å². The molecule has 0 aromatic rings. The lowest BCUT2D eigenvalue weighted by atomic mass is 10.4. The van der Waals surface area contributed by atoms with Crippen LogP contribution in [-0.2, 0) is 0 Å². The van der Waals surface area contributed by atoms with Crippen molar-refractivity contribution in [2.45, 2.75) is 19.6 Å². The normalized spacial score (nSPS) is 37.4. The second-order valence-corrected chi connectivity index (χ2v) is 0.465. The van der Waals surface area contributed by atoms with E-state index >= 15 is 0 Å². The van der Waals surface area contributed by atoms with Gasteiger partial charge in [-0.25, -0.2) is 0 Å². The van der Waals surface area contributed by atoms with Crippen LogP contribution >= 0.6 is 0 Å². The lowest BCUT2D eigenvalue weighted by molar-refractivity contribution is 0.287. The molecule has 1 N–H and O–H groups in total. The Bertz CT molecular complexity index is 154. The van der Waals surface area contributed by atoms with Gasteiger partial charge in [-0.1, -0.05) is 13.3 Å². The molecule has 0 atom stereocenters. The van der Waals surface area contributed by atoms with Crippen molar-refractivity contribution in [1.82, 2.24) is 0 Å². The Morgan fingerprint density at radius 1 is 2.20 bits per heavy atom. The third-order valence-corrected chi connectivity index (χ3v) is 0.167. The summed E-state index contributed by atoms with van der Waals surface area (Å²) in [4.78, 5) is 0. The summed E-state index contributed by atoms with van der Waals surface area (Å²) < 4.78 is 47.1. The Hall–Kier alpha value is -0.0400. The zero-order valence-electron chi connectivity index (χ0n) is 9.65. The molecule has 1 nitrogen and oxygen atoms in total. The molecule has 0 aromatic carbocycles. The van der Waals surface area contributed by atoms with Crippen LogP contribution in [0.25, 0.3) is 0 Å². The summed E-state index contributed by atoms with van der Waals surface area (Å²) in [6.45, 7) is -5.71. The Kier molecular flexibility index (Phi) is 0.513. The van der Waals surface area contributed by atoms with E-state index in [2.05, 4.69) is 0 Å². The molecule has 0 aliphatic heterocycles. The summed E-state index contributed by atoms with van der Waals surface area (Å²) in [5, 5.41) is 8.62. The molecule has 0 saturated carbocycles. The van der Waals surface area contributed by atoms with E-state index in [4.69, 9.17) is 14.7 Å². The molecule has 32 valence electrons. The van der Waals surface area contributed by atoms with Gasteiger partial charge in [0.25, 0.3) is 0 Å². The van der Waals surface area contributed by atoms with Gasteiger partial charge in [-0.3, -0.25) is 0 Å². The van der Waals surface area contributed by atoms with Crippen LogP contribution in [0.5, 0.6) is 0 Å². The van der Waals surface area contributed by atoms with Crippen molar-refractivity contribution in [3.8, 4) is 0 Å². The lowest BCUT2D eigenvalue weighted by Gasteiger charge is -1.79. The number of aliphatic hydroxyl groups is 1. The molecule has 1 heteroatoms. The fraction of sp³-hybridized carbons (Fsp3) is 1.00. The maximum atomic E-state index is 8.62. The monoisotopic (exact) mass is 81.1 g/mol. The van der Waals surface area contributed by atoms with Gasteiger partial charge in [-0.05, 0) is 6.37 Å². The molecule has 0 spiro atoms. The van der Waals surface area contributed by atoms with E-state index in [1.165, 1.54) is 0 Å². The Balaban J connectivity index is 4.44. The average Bonchev–Trinajstić information content (AvgIpc) is 1.52. The SMILES string of the molecule is [2H]C([2H])([2H])CC([2H])([2H])C([2H])([2H])O. The topological polar surface area (TPSA) is 20.2 Å². The maximum absolute atomic E-state index is 8.62. The van der Waals surface area contributed by atoms with Gasteiger partial charge >= 0.3 is 0 Å². The minimum Gasteiger partial charge on any atom is -0.396 e. The summed E-state index contributed by atoms with van der Waals surface area (Å²) in [5.74, 6) is 0. The Morgan fingerprint density at radius 3 is 3.20 bits per heavy atom. The number of hydrogen-bond donors (Lipinski definition) is 1.